The molecule has 1 aliphatic rings. The summed E-state index contributed by atoms with van der Waals surface area (Å²) < 4.78 is 1.76. The van der Waals surface area contributed by atoms with Gasteiger partial charge in [-0.15, -0.1) is 0 Å². The van der Waals surface area contributed by atoms with Gasteiger partial charge in [-0.2, -0.15) is 0 Å². The molecule has 9 nitrogen and oxygen atoms in total. The maximum Gasteiger partial charge on any atom is 0.270 e. The van der Waals surface area contributed by atoms with Gasteiger partial charge in [-0.3, -0.25) is 19.7 Å². The zero-order valence-corrected chi connectivity index (χ0v) is 16.9. The number of aromatic nitrogens is 1. The number of nitro groups is 1. The normalized spacial score (nSPS) is 14.5. The summed E-state index contributed by atoms with van der Waals surface area (Å²) >= 11 is 0. The molecule has 0 aliphatic carbocycles. The maximum absolute atomic E-state index is 12.5. The number of rotatable bonds is 6. The summed E-state index contributed by atoms with van der Waals surface area (Å²) in [6.45, 7) is 1.65. The van der Waals surface area contributed by atoms with Crippen LogP contribution in [0.1, 0.15) is 12.8 Å². The summed E-state index contributed by atoms with van der Waals surface area (Å²) in [5, 5.41) is 14.5. The highest BCUT2D eigenvalue weighted by atomic mass is 16.6. The molecule has 1 fully saturated rings. The number of carbonyl (C=O) groups excluding carboxylic acids is 2. The van der Waals surface area contributed by atoms with Gasteiger partial charge in [0.15, 0.2) is 0 Å². The summed E-state index contributed by atoms with van der Waals surface area (Å²) in [7, 11) is 0. The number of fused-ring (bicyclic) bond motifs is 1. The van der Waals surface area contributed by atoms with E-state index in [-0.39, 0.29) is 30.0 Å². The molecule has 2 amide bonds. The van der Waals surface area contributed by atoms with E-state index < -0.39 is 4.92 Å². The monoisotopic (exact) mass is 421 g/mol. The molecule has 3 aromatic rings. The van der Waals surface area contributed by atoms with Gasteiger partial charge >= 0.3 is 0 Å². The van der Waals surface area contributed by atoms with Crippen LogP contribution in [0.3, 0.4) is 0 Å². The molecule has 0 spiro atoms. The number of carbonyl (C=O) groups is 2. The van der Waals surface area contributed by atoms with Crippen LogP contribution in [-0.2, 0) is 16.1 Å². The first kappa shape index (κ1) is 20.4. The SMILES string of the molecule is NC(=O)C1CCN(c2ccc(NC(=O)Cn3ccc4cc([N+](=O)[O-])ccc43)cc2)CC1. The number of nitrogens with zero attached hydrogens (tertiary/aromatic N) is 3. The number of nitrogens with one attached hydrogen (secondary N) is 1. The lowest BCUT2D eigenvalue weighted by molar-refractivity contribution is -0.384. The molecule has 160 valence electrons. The first-order valence-electron chi connectivity index (χ1n) is 10.1. The molecule has 0 saturated carbocycles. The van der Waals surface area contributed by atoms with E-state index in [0.717, 1.165) is 37.1 Å². The molecule has 2 heterocycles. The molecule has 9 heteroatoms. The van der Waals surface area contributed by atoms with Crippen LogP contribution in [0, 0.1) is 16.0 Å². The molecule has 2 aromatic carbocycles. The predicted molar refractivity (Wildman–Crippen MR) is 118 cm³/mol. The van der Waals surface area contributed by atoms with Crippen molar-refractivity contribution >= 4 is 39.8 Å². The van der Waals surface area contributed by atoms with E-state index in [4.69, 9.17) is 5.73 Å². The second-order valence-corrected chi connectivity index (χ2v) is 7.70. The predicted octanol–water partition coefficient (Wildman–Crippen LogP) is 2.89. The molecule has 0 radical (unpaired) electrons. The van der Waals surface area contributed by atoms with Crippen molar-refractivity contribution in [2.75, 3.05) is 23.3 Å². The van der Waals surface area contributed by atoms with Crippen molar-refractivity contribution in [1.29, 1.82) is 0 Å². The third-order valence-corrected chi connectivity index (χ3v) is 5.69. The molecule has 0 bridgehead atoms. The van der Waals surface area contributed by atoms with Gasteiger partial charge in [-0.25, -0.2) is 0 Å². The zero-order chi connectivity index (χ0) is 22.0. The average Bonchev–Trinajstić information content (AvgIpc) is 3.16. The molecule has 1 aliphatic heterocycles. The van der Waals surface area contributed by atoms with Gasteiger partial charge in [0.2, 0.25) is 11.8 Å². The van der Waals surface area contributed by atoms with Crippen LogP contribution < -0.4 is 16.0 Å². The van der Waals surface area contributed by atoms with Crippen LogP contribution >= 0.6 is 0 Å². The van der Waals surface area contributed by atoms with Crippen LogP contribution in [0.15, 0.2) is 54.7 Å². The highest BCUT2D eigenvalue weighted by Crippen LogP contribution is 2.25. The fourth-order valence-electron chi connectivity index (χ4n) is 3.97. The molecule has 0 atom stereocenters. The number of nitro benzene ring substituents is 1. The Morgan fingerprint density at radius 2 is 1.81 bits per heavy atom. The number of nitrogens with two attached hydrogens (primary N) is 1. The third-order valence-electron chi connectivity index (χ3n) is 5.69. The van der Waals surface area contributed by atoms with Gasteiger partial charge in [-0.05, 0) is 49.2 Å². The second-order valence-electron chi connectivity index (χ2n) is 7.70. The summed E-state index contributed by atoms with van der Waals surface area (Å²) in [6.07, 6.45) is 3.25. The van der Waals surface area contributed by atoms with Gasteiger partial charge in [-0.1, -0.05) is 0 Å². The first-order chi connectivity index (χ1) is 14.9. The van der Waals surface area contributed by atoms with Crippen LogP contribution in [0.25, 0.3) is 10.9 Å². The van der Waals surface area contributed by atoms with Gasteiger partial charge < -0.3 is 20.5 Å². The van der Waals surface area contributed by atoms with Crippen LogP contribution in [-0.4, -0.2) is 34.4 Å². The summed E-state index contributed by atoms with van der Waals surface area (Å²) in [5.41, 5.74) is 7.90. The number of hydrogen-bond donors (Lipinski definition) is 2. The molecular weight excluding hydrogens is 398 g/mol. The van der Waals surface area contributed by atoms with Gasteiger partial charge in [0.25, 0.3) is 5.69 Å². The minimum Gasteiger partial charge on any atom is -0.371 e. The van der Waals surface area contributed by atoms with Crippen molar-refractivity contribution in [3.63, 3.8) is 0 Å². The van der Waals surface area contributed by atoms with Gasteiger partial charge in [0.1, 0.15) is 6.54 Å². The van der Waals surface area contributed by atoms with E-state index in [9.17, 15) is 19.7 Å². The van der Waals surface area contributed by atoms with Gasteiger partial charge in [0, 0.05) is 59.6 Å². The van der Waals surface area contributed by atoms with Crippen molar-refractivity contribution in [2.45, 2.75) is 19.4 Å². The number of anilines is 2. The largest absolute Gasteiger partial charge is 0.371 e. The van der Waals surface area contributed by atoms with Crippen LogP contribution in [0.2, 0.25) is 0 Å². The fraction of sp³-hybridized carbons (Fsp3) is 0.273. The van der Waals surface area contributed by atoms with E-state index in [1.807, 2.05) is 24.3 Å². The summed E-state index contributed by atoms with van der Waals surface area (Å²) in [5.74, 6) is -0.469. The second kappa shape index (κ2) is 8.47. The van der Waals surface area contributed by atoms with Crippen molar-refractivity contribution < 1.29 is 14.5 Å². The molecule has 0 unspecified atom stereocenters. The zero-order valence-electron chi connectivity index (χ0n) is 16.9. The molecular formula is C22H23N5O4. The van der Waals surface area contributed by atoms with Crippen molar-refractivity contribution in [2.24, 2.45) is 11.7 Å². The van der Waals surface area contributed by atoms with E-state index in [1.54, 1.807) is 22.9 Å². The Morgan fingerprint density at radius 3 is 2.45 bits per heavy atom. The number of benzene rings is 2. The molecule has 3 N–H and O–H groups in total. The van der Waals surface area contributed by atoms with Crippen molar-refractivity contribution in [1.82, 2.24) is 4.57 Å². The highest BCUT2D eigenvalue weighted by molar-refractivity contribution is 5.92. The highest BCUT2D eigenvalue weighted by Gasteiger charge is 2.23. The van der Waals surface area contributed by atoms with E-state index in [1.165, 1.54) is 12.1 Å². The van der Waals surface area contributed by atoms with Crippen LogP contribution in [0.4, 0.5) is 17.1 Å². The summed E-state index contributed by atoms with van der Waals surface area (Å²) in [6, 6.07) is 13.9. The minimum absolute atomic E-state index is 0.0219. The Bertz CT molecular complexity index is 1130. The van der Waals surface area contributed by atoms with E-state index >= 15 is 0 Å². The third kappa shape index (κ3) is 4.50. The number of piperidine rings is 1. The fourth-order valence-corrected chi connectivity index (χ4v) is 3.97. The van der Waals surface area contributed by atoms with Crippen LogP contribution in [0.5, 0.6) is 0 Å². The lowest BCUT2D eigenvalue weighted by Crippen LogP contribution is -2.38. The first-order valence-corrected chi connectivity index (χ1v) is 10.1. The van der Waals surface area contributed by atoms with Crippen molar-refractivity contribution in [3.8, 4) is 0 Å². The molecule has 4 rings (SSSR count). The topological polar surface area (TPSA) is 124 Å². The number of non-ortho nitro benzene ring substituents is 1. The molecule has 1 saturated heterocycles. The van der Waals surface area contributed by atoms with E-state index in [2.05, 4.69) is 10.2 Å². The Hall–Kier alpha value is -3.88. The number of amides is 2. The lowest BCUT2D eigenvalue weighted by atomic mass is 9.96. The maximum atomic E-state index is 12.5. The number of primary amides is 1. The average molecular weight is 421 g/mol. The Morgan fingerprint density at radius 1 is 1.10 bits per heavy atom. The lowest BCUT2D eigenvalue weighted by Gasteiger charge is -2.32. The Kier molecular flexibility index (Phi) is 5.57. The number of hydrogen-bond acceptors (Lipinski definition) is 5. The standard InChI is InChI=1S/C22H23N5O4/c23-22(29)15-7-10-25(11-8-15)18-3-1-17(2-4-18)24-21(28)14-26-12-9-16-13-19(27(30)31)5-6-20(16)26/h1-6,9,12-13,15H,7-8,10-11,14H2,(H2,23,29)(H,24,28). The van der Waals surface area contributed by atoms with E-state index in [0.29, 0.717) is 11.1 Å². The molecule has 31 heavy (non-hydrogen) atoms. The van der Waals surface area contributed by atoms with Gasteiger partial charge in [0.05, 0.1) is 4.92 Å². The Balaban J connectivity index is 1.36. The quantitative estimate of drug-likeness (QED) is 0.468. The Labute approximate surface area is 178 Å². The van der Waals surface area contributed by atoms with Crippen molar-refractivity contribution in [3.05, 3.63) is 64.8 Å². The summed E-state index contributed by atoms with van der Waals surface area (Å²) in [4.78, 5) is 36.5. The smallest absolute Gasteiger partial charge is 0.270 e. The molecule has 1 aromatic heterocycles. The minimum atomic E-state index is -0.437.